The molecule has 2 aliphatic heterocycles. The molecule has 2 aromatic rings. The van der Waals surface area contributed by atoms with E-state index in [2.05, 4.69) is 15.5 Å². The topological polar surface area (TPSA) is 125 Å². The van der Waals surface area contributed by atoms with E-state index < -0.39 is 21.1 Å². The third-order valence-corrected chi connectivity index (χ3v) is 7.04. The lowest BCUT2D eigenvalue weighted by atomic mass is 10.0. The fourth-order valence-electron chi connectivity index (χ4n) is 3.56. The third kappa shape index (κ3) is 2.72. The molecule has 4 heterocycles. The fourth-order valence-corrected chi connectivity index (χ4v) is 5.85. The molecule has 0 aliphatic carbocycles. The maximum atomic E-state index is 12.4. The lowest BCUT2D eigenvalue weighted by Gasteiger charge is -2.20. The van der Waals surface area contributed by atoms with Crippen LogP contribution in [0.3, 0.4) is 0 Å². The Bertz CT molecular complexity index is 891. The molecule has 2 amide bonds. The van der Waals surface area contributed by atoms with E-state index in [1.54, 1.807) is 12.1 Å². The summed E-state index contributed by atoms with van der Waals surface area (Å²) in [5, 5.41) is 8.35. The van der Waals surface area contributed by atoms with Gasteiger partial charge >= 0.3 is 0 Å². The highest BCUT2D eigenvalue weighted by atomic mass is 32.2. The first-order valence-corrected chi connectivity index (χ1v) is 9.51. The Balaban J connectivity index is 1.52. The normalized spacial score (nSPS) is 27.2. The maximum Gasteiger partial charge on any atom is 0.289 e. The highest BCUT2D eigenvalue weighted by molar-refractivity contribution is 7.92. The summed E-state index contributed by atoms with van der Waals surface area (Å²) in [4.78, 5) is 26.1. The van der Waals surface area contributed by atoms with Gasteiger partial charge in [0, 0.05) is 31.2 Å². The van der Waals surface area contributed by atoms with E-state index in [0.29, 0.717) is 5.56 Å². The van der Waals surface area contributed by atoms with Crippen LogP contribution in [0.1, 0.15) is 20.9 Å². The highest BCUT2D eigenvalue weighted by Crippen LogP contribution is 2.34. The molecule has 2 saturated heterocycles. The van der Waals surface area contributed by atoms with Gasteiger partial charge < -0.3 is 14.6 Å². The molecule has 0 aromatic carbocycles. The second kappa shape index (κ2) is 5.73. The van der Waals surface area contributed by atoms with Crippen LogP contribution in [0.2, 0.25) is 0 Å². The zero-order valence-electron chi connectivity index (χ0n) is 13.1. The number of hydrogen-bond donors (Lipinski definition) is 2. The minimum absolute atomic E-state index is 0.116. The SMILES string of the molecule is O=C(N[C@@H]1CS(=O)(=O)[C@H]2CN(C(=O)c3ccco3)C[C@@H]12)c1cn[nH]c1. The van der Waals surface area contributed by atoms with Crippen molar-refractivity contribution in [2.24, 2.45) is 5.92 Å². The molecule has 3 atom stereocenters. The Morgan fingerprint density at radius 1 is 1.36 bits per heavy atom. The minimum atomic E-state index is -3.39. The predicted octanol–water partition coefficient (Wildman–Crippen LogP) is -0.330. The summed E-state index contributed by atoms with van der Waals surface area (Å²) in [5.41, 5.74) is 0.336. The molecule has 0 radical (unpaired) electrons. The lowest BCUT2D eigenvalue weighted by molar-refractivity contribution is 0.0752. The molecule has 2 aromatic heterocycles. The van der Waals surface area contributed by atoms with Crippen LogP contribution in [0.5, 0.6) is 0 Å². The van der Waals surface area contributed by atoms with Gasteiger partial charge in [-0.2, -0.15) is 5.10 Å². The summed E-state index contributed by atoms with van der Waals surface area (Å²) in [7, 11) is -3.39. The van der Waals surface area contributed by atoms with Crippen molar-refractivity contribution in [3.63, 3.8) is 0 Å². The van der Waals surface area contributed by atoms with Gasteiger partial charge in [0.25, 0.3) is 11.8 Å². The van der Waals surface area contributed by atoms with E-state index in [9.17, 15) is 18.0 Å². The monoisotopic (exact) mass is 364 g/mol. The van der Waals surface area contributed by atoms with Crippen LogP contribution < -0.4 is 5.32 Å². The van der Waals surface area contributed by atoms with Gasteiger partial charge in [-0.3, -0.25) is 14.7 Å². The van der Waals surface area contributed by atoms with Gasteiger partial charge in [-0.15, -0.1) is 0 Å². The van der Waals surface area contributed by atoms with E-state index in [4.69, 9.17) is 4.42 Å². The average molecular weight is 364 g/mol. The summed E-state index contributed by atoms with van der Waals surface area (Å²) in [6.45, 7) is 0.379. The van der Waals surface area contributed by atoms with E-state index in [1.807, 2.05) is 0 Å². The van der Waals surface area contributed by atoms with Crippen molar-refractivity contribution in [1.29, 1.82) is 0 Å². The van der Waals surface area contributed by atoms with Gasteiger partial charge in [-0.25, -0.2) is 8.42 Å². The fraction of sp³-hybridized carbons (Fsp3) is 0.400. The summed E-state index contributed by atoms with van der Waals surface area (Å²) in [6.07, 6.45) is 4.21. The van der Waals surface area contributed by atoms with E-state index in [0.717, 1.165) is 0 Å². The molecule has 132 valence electrons. The number of likely N-dealkylation sites (tertiary alicyclic amines) is 1. The van der Waals surface area contributed by atoms with Crippen molar-refractivity contribution >= 4 is 21.7 Å². The number of fused-ring (bicyclic) bond motifs is 1. The van der Waals surface area contributed by atoms with Gasteiger partial charge in [-0.05, 0) is 12.1 Å². The highest BCUT2D eigenvalue weighted by Gasteiger charge is 2.53. The molecule has 25 heavy (non-hydrogen) atoms. The number of furan rings is 1. The van der Waals surface area contributed by atoms with Gasteiger partial charge in [0.15, 0.2) is 15.6 Å². The second-order valence-corrected chi connectivity index (χ2v) is 8.55. The van der Waals surface area contributed by atoms with Crippen molar-refractivity contribution in [3.05, 3.63) is 42.1 Å². The first-order chi connectivity index (χ1) is 12.0. The summed E-state index contributed by atoms with van der Waals surface area (Å²) in [6, 6.07) is 2.62. The number of H-pyrrole nitrogens is 1. The molecular weight excluding hydrogens is 348 g/mol. The number of aromatic nitrogens is 2. The largest absolute Gasteiger partial charge is 0.459 e. The Hall–Kier alpha value is -2.62. The summed E-state index contributed by atoms with van der Waals surface area (Å²) in [5.74, 6) is -0.995. The molecule has 10 heteroatoms. The van der Waals surface area contributed by atoms with E-state index in [1.165, 1.54) is 23.6 Å². The molecule has 0 unspecified atom stereocenters. The van der Waals surface area contributed by atoms with Gasteiger partial charge in [0.1, 0.15) is 0 Å². The van der Waals surface area contributed by atoms with Crippen LogP contribution in [-0.2, 0) is 9.84 Å². The first-order valence-electron chi connectivity index (χ1n) is 7.80. The van der Waals surface area contributed by atoms with E-state index >= 15 is 0 Å². The van der Waals surface area contributed by atoms with Gasteiger partial charge in [0.05, 0.1) is 29.0 Å². The van der Waals surface area contributed by atoms with Crippen LogP contribution in [0.4, 0.5) is 0 Å². The molecule has 2 fully saturated rings. The van der Waals surface area contributed by atoms with Crippen molar-refractivity contribution < 1.29 is 22.4 Å². The Morgan fingerprint density at radius 2 is 2.20 bits per heavy atom. The predicted molar refractivity (Wildman–Crippen MR) is 85.5 cm³/mol. The smallest absolute Gasteiger partial charge is 0.289 e. The van der Waals surface area contributed by atoms with Crippen molar-refractivity contribution in [3.8, 4) is 0 Å². The zero-order chi connectivity index (χ0) is 17.6. The molecule has 2 aliphatic rings. The van der Waals surface area contributed by atoms with Gasteiger partial charge in [0.2, 0.25) is 0 Å². The number of carbonyl (C=O) groups excluding carboxylic acids is 2. The third-order valence-electron chi connectivity index (χ3n) is 4.80. The first kappa shape index (κ1) is 15.9. The van der Waals surface area contributed by atoms with Crippen LogP contribution in [-0.4, -0.2) is 65.5 Å². The Morgan fingerprint density at radius 3 is 2.88 bits per heavy atom. The minimum Gasteiger partial charge on any atom is -0.459 e. The number of sulfone groups is 1. The number of hydrogen-bond acceptors (Lipinski definition) is 6. The maximum absolute atomic E-state index is 12.4. The number of aromatic amines is 1. The van der Waals surface area contributed by atoms with Crippen LogP contribution in [0, 0.1) is 5.92 Å². The quantitative estimate of drug-likeness (QED) is 0.768. The molecule has 2 N–H and O–H groups in total. The number of amides is 2. The molecule has 4 rings (SSSR count). The van der Waals surface area contributed by atoms with Crippen molar-refractivity contribution in [1.82, 2.24) is 20.4 Å². The number of nitrogens with one attached hydrogen (secondary N) is 2. The molecule has 0 spiro atoms. The van der Waals surface area contributed by atoms with Crippen molar-refractivity contribution in [2.45, 2.75) is 11.3 Å². The lowest BCUT2D eigenvalue weighted by Crippen LogP contribution is -2.42. The average Bonchev–Trinajstić information content (AvgIpc) is 3.35. The second-order valence-electron chi connectivity index (χ2n) is 6.29. The number of carbonyl (C=O) groups is 2. The van der Waals surface area contributed by atoms with E-state index in [-0.39, 0.29) is 42.3 Å². The Kier molecular flexibility index (Phi) is 3.64. The summed E-state index contributed by atoms with van der Waals surface area (Å²) < 4.78 is 30.0. The van der Waals surface area contributed by atoms with Crippen LogP contribution in [0.15, 0.2) is 35.2 Å². The standard InChI is InChI=1S/C15H16N4O5S/c20-14(9-4-16-17-5-9)18-11-8-25(22,23)13-7-19(6-10(11)13)15(21)12-2-1-3-24-12/h1-5,10-11,13H,6-8H2,(H,16,17)(H,18,20)/t10-,11+,13-/m0/s1. The molecule has 0 bridgehead atoms. The number of nitrogens with zero attached hydrogens (tertiary/aromatic N) is 2. The Labute approximate surface area is 143 Å². The molecule has 0 saturated carbocycles. The van der Waals surface area contributed by atoms with Crippen molar-refractivity contribution in [2.75, 3.05) is 18.8 Å². The molecular formula is C15H16N4O5S. The summed E-state index contributed by atoms with van der Waals surface area (Å²) >= 11 is 0. The van der Waals surface area contributed by atoms with Crippen LogP contribution >= 0.6 is 0 Å². The van der Waals surface area contributed by atoms with Crippen LogP contribution in [0.25, 0.3) is 0 Å². The van der Waals surface area contributed by atoms with Gasteiger partial charge in [-0.1, -0.05) is 0 Å². The zero-order valence-corrected chi connectivity index (χ0v) is 13.9. The molecule has 9 nitrogen and oxygen atoms in total. The number of rotatable bonds is 3.